The Labute approximate surface area is 157 Å². The third-order valence-electron chi connectivity index (χ3n) is 5.84. The van der Waals surface area contributed by atoms with Gasteiger partial charge in [0.1, 0.15) is 6.10 Å². The normalized spacial score (nSPS) is 30.1. The fourth-order valence-electron chi connectivity index (χ4n) is 3.37. The lowest BCUT2D eigenvalue weighted by Gasteiger charge is -2.32. The van der Waals surface area contributed by atoms with Crippen LogP contribution in [0.2, 0.25) is 0 Å². The Morgan fingerprint density at radius 1 is 1.08 bits per heavy atom. The first kappa shape index (κ1) is 19.8. The second-order valence-electron chi connectivity index (χ2n) is 8.65. The highest BCUT2D eigenvalue weighted by Crippen LogP contribution is 2.38. The molecule has 0 aliphatic carbocycles. The molecule has 0 amide bonds. The molecule has 26 heavy (non-hydrogen) atoms. The quantitative estimate of drug-likeness (QED) is 0.570. The van der Waals surface area contributed by atoms with Crippen molar-refractivity contribution in [2.24, 2.45) is 0 Å². The van der Waals surface area contributed by atoms with Crippen LogP contribution in [0.4, 0.5) is 0 Å². The number of aromatic nitrogens is 1. The Balaban J connectivity index is 1.69. The molecule has 2 saturated heterocycles. The standard InChI is InChI=1S/C20H32BNO4/c1-7-8-9-10-20(6)23-14-17(24-20)15-11-16(13-22-12-15)21-25-18(2,3)19(4,5)26-21/h11-13,17H,7-10,14H2,1-6H3. The Hall–Kier alpha value is -0.945. The molecule has 0 saturated carbocycles. The lowest BCUT2D eigenvalue weighted by molar-refractivity contribution is -0.159. The molecule has 1 aromatic heterocycles. The van der Waals surface area contributed by atoms with Crippen LogP contribution in [0.5, 0.6) is 0 Å². The first-order valence-electron chi connectivity index (χ1n) is 9.78. The minimum absolute atomic E-state index is 0.100. The first-order valence-corrected chi connectivity index (χ1v) is 9.78. The summed E-state index contributed by atoms with van der Waals surface area (Å²) in [5.74, 6) is -0.500. The summed E-state index contributed by atoms with van der Waals surface area (Å²) in [6, 6.07) is 2.07. The zero-order chi connectivity index (χ0) is 19.0. The average molecular weight is 361 g/mol. The van der Waals surface area contributed by atoms with Gasteiger partial charge in [-0.05, 0) is 41.0 Å². The Morgan fingerprint density at radius 2 is 1.77 bits per heavy atom. The van der Waals surface area contributed by atoms with Crippen LogP contribution in [0, 0.1) is 0 Å². The summed E-state index contributed by atoms with van der Waals surface area (Å²) in [5, 5.41) is 0. The summed E-state index contributed by atoms with van der Waals surface area (Å²) < 4.78 is 24.5. The van der Waals surface area contributed by atoms with Gasteiger partial charge in [-0.1, -0.05) is 25.8 Å². The van der Waals surface area contributed by atoms with Crippen molar-refractivity contribution in [3.8, 4) is 0 Å². The molecule has 0 N–H and O–H groups in total. The lowest BCUT2D eigenvalue weighted by Crippen LogP contribution is -2.41. The fourth-order valence-corrected chi connectivity index (χ4v) is 3.37. The van der Waals surface area contributed by atoms with E-state index >= 15 is 0 Å². The molecule has 2 unspecified atom stereocenters. The van der Waals surface area contributed by atoms with Gasteiger partial charge in [0.2, 0.25) is 0 Å². The van der Waals surface area contributed by atoms with Crippen molar-refractivity contribution in [1.82, 2.24) is 4.98 Å². The highest BCUT2D eigenvalue weighted by atomic mass is 16.7. The van der Waals surface area contributed by atoms with Crippen molar-refractivity contribution in [2.75, 3.05) is 6.61 Å². The topological polar surface area (TPSA) is 49.8 Å². The molecule has 0 radical (unpaired) electrons. The number of hydrogen-bond acceptors (Lipinski definition) is 5. The zero-order valence-corrected chi connectivity index (χ0v) is 17.0. The largest absolute Gasteiger partial charge is 0.496 e. The van der Waals surface area contributed by atoms with Crippen molar-refractivity contribution in [3.05, 3.63) is 24.0 Å². The molecule has 5 nitrogen and oxygen atoms in total. The van der Waals surface area contributed by atoms with Gasteiger partial charge in [0.25, 0.3) is 0 Å². The molecule has 0 spiro atoms. The molecule has 2 aliphatic rings. The van der Waals surface area contributed by atoms with E-state index in [2.05, 4.69) is 45.7 Å². The van der Waals surface area contributed by atoms with Gasteiger partial charge in [-0.2, -0.15) is 0 Å². The van der Waals surface area contributed by atoms with Crippen molar-refractivity contribution in [3.63, 3.8) is 0 Å². The molecule has 3 heterocycles. The van der Waals surface area contributed by atoms with E-state index < -0.39 is 12.9 Å². The number of unbranched alkanes of at least 4 members (excludes halogenated alkanes) is 2. The number of nitrogens with zero attached hydrogens (tertiary/aromatic N) is 1. The fraction of sp³-hybridized carbons (Fsp3) is 0.750. The van der Waals surface area contributed by atoms with E-state index in [4.69, 9.17) is 18.8 Å². The van der Waals surface area contributed by atoms with Crippen LogP contribution in [0.15, 0.2) is 18.5 Å². The Morgan fingerprint density at radius 3 is 2.42 bits per heavy atom. The smallest absolute Gasteiger partial charge is 0.399 e. The summed E-state index contributed by atoms with van der Waals surface area (Å²) in [4.78, 5) is 4.40. The predicted molar refractivity (Wildman–Crippen MR) is 102 cm³/mol. The van der Waals surface area contributed by atoms with E-state index in [9.17, 15) is 0 Å². The highest BCUT2D eigenvalue weighted by Gasteiger charge is 2.52. The third-order valence-corrected chi connectivity index (χ3v) is 5.84. The molecule has 0 bridgehead atoms. The SMILES string of the molecule is CCCCCC1(C)OCC(c2cncc(B3OC(C)(C)C(C)(C)O3)c2)O1. The molecule has 1 aromatic rings. The van der Waals surface area contributed by atoms with E-state index in [1.807, 2.05) is 19.3 Å². The number of hydrogen-bond donors (Lipinski definition) is 0. The van der Waals surface area contributed by atoms with Crippen molar-refractivity contribution in [1.29, 1.82) is 0 Å². The van der Waals surface area contributed by atoms with Crippen LogP contribution in [-0.2, 0) is 18.8 Å². The van der Waals surface area contributed by atoms with E-state index in [1.165, 1.54) is 12.8 Å². The van der Waals surface area contributed by atoms with Crippen LogP contribution in [0.1, 0.15) is 78.9 Å². The highest BCUT2D eigenvalue weighted by molar-refractivity contribution is 6.62. The molecule has 2 aliphatic heterocycles. The Kier molecular flexibility index (Phi) is 5.51. The summed E-state index contributed by atoms with van der Waals surface area (Å²) >= 11 is 0. The van der Waals surface area contributed by atoms with Gasteiger partial charge in [0.15, 0.2) is 5.79 Å². The van der Waals surface area contributed by atoms with E-state index in [0.717, 1.165) is 23.9 Å². The maximum Gasteiger partial charge on any atom is 0.496 e. The molecule has 2 fully saturated rings. The molecular formula is C20H32BNO4. The summed E-state index contributed by atoms with van der Waals surface area (Å²) in [6.07, 6.45) is 7.98. The van der Waals surface area contributed by atoms with Gasteiger partial charge in [-0.15, -0.1) is 0 Å². The van der Waals surface area contributed by atoms with Gasteiger partial charge in [0, 0.05) is 29.8 Å². The molecule has 0 aromatic carbocycles. The van der Waals surface area contributed by atoms with Gasteiger partial charge in [-0.3, -0.25) is 4.98 Å². The number of ether oxygens (including phenoxy) is 2. The molecule has 6 heteroatoms. The maximum absolute atomic E-state index is 6.24. The monoisotopic (exact) mass is 361 g/mol. The van der Waals surface area contributed by atoms with Crippen molar-refractivity contribution < 1.29 is 18.8 Å². The second-order valence-corrected chi connectivity index (χ2v) is 8.65. The molecule has 3 rings (SSSR count). The van der Waals surface area contributed by atoms with Crippen molar-refractivity contribution in [2.45, 2.75) is 90.3 Å². The minimum Gasteiger partial charge on any atom is -0.399 e. The minimum atomic E-state index is -0.500. The number of pyridine rings is 1. The van der Waals surface area contributed by atoms with Gasteiger partial charge < -0.3 is 18.8 Å². The second kappa shape index (κ2) is 7.23. The van der Waals surface area contributed by atoms with Crippen LogP contribution in [-0.4, -0.2) is 35.7 Å². The summed E-state index contributed by atoms with van der Waals surface area (Å²) in [6.45, 7) is 13.0. The third kappa shape index (κ3) is 3.98. The Bertz CT molecular complexity index is 620. The van der Waals surface area contributed by atoms with Crippen LogP contribution in [0.25, 0.3) is 0 Å². The lowest BCUT2D eigenvalue weighted by atomic mass is 9.79. The number of rotatable bonds is 6. The summed E-state index contributed by atoms with van der Waals surface area (Å²) in [5.41, 5.74) is 1.21. The molecule has 2 atom stereocenters. The van der Waals surface area contributed by atoms with E-state index in [0.29, 0.717) is 6.61 Å². The van der Waals surface area contributed by atoms with Gasteiger partial charge in [0.05, 0.1) is 17.8 Å². The predicted octanol–water partition coefficient (Wildman–Crippen LogP) is 3.77. The van der Waals surface area contributed by atoms with Gasteiger partial charge >= 0.3 is 7.12 Å². The first-order chi connectivity index (χ1) is 12.2. The average Bonchev–Trinajstić information content (AvgIpc) is 3.06. The molecular weight excluding hydrogens is 329 g/mol. The van der Waals surface area contributed by atoms with E-state index in [-0.39, 0.29) is 17.3 Å². The summed E-state index contributed by atoms with van der Waals surface area (Å²) in [7, 11) is -0.411. The molecule has 144 valence electrons. The maximum atomic E-state index is 6.24. The van der Waals surface area contributed by atoms with Crippen LogP contribution in [0.3, 0.4) is 0 Å². The zero-order valence-electron chi connectivity index (χ0n) is 17.0. The van der Waals surface area contributed by atoms with E-state index in [1.54, 1.807) is 0 Å². The van der Waals surface area contributed by atoms with Crippen LogP contribution >= 0.6 is 0 Å². The van der Waals surface area contributed by atoms with Gasteiger partial charge in [-0.25, -0.2) is 0 Å². The van der Waals surface area contributed by atoms with Crippen LogP contribution < -0.4 is 5.46 Å². The van der Waals surface area contributed by atoms with Crippen molar-refractivity contribution >= 4 is 12.6 Å².